The molecule has 0 bridgehead atoms. The number of aliphatic carboxylic acids is 1. The van der Waals surface area contributed by atoms with Crippen LogP contribution in [0.15, 0.2) is 30.3 Å². The molecule has 8 heteroatoms. The number of hydrogen-bond donors (Lipinski definition) is 1. The highest BCUT2D eigenvalue weighted by atomic mass is 35.5. The molecule has 0 saturated heterocycles. The number of ether oxygens (including phenoxy) is 1. The van der Waals surface area contributed by atoms with Crippen molar-refractivity contribution in [3.05, 3.63) is 46.0 Å². The van der Waals surface area contributed by atoms with E-state index >= 15 is 0 Å². The molecule has 7 nitrogen and oxygen atoms in total. The first-order valence-electron chi connectivity index (χ1n) is 5.51. The topological polar surface area (TPSA) is 107 Å². The van der Waals surface area contributed by atoms with Gasteiger partial charge in [-0.25, -0.2) is 9.59 Å². The predicted octanol–water partition coefficient (Wildman–Crippen LogP) is 1.28. The zero-order valence-electron chi connectivity index (χ0n) is 10.5. The van der Waals surface area contributed by atoms with Crippen LogP contribution in [0, 0.1) is 10.1 Å². The van der Waals surface area contributed by atoms with Crippen molar-refractivity contribution in [2.75, 3.05) is 13.7 Å². The van der Waals surface area contributed by atoms with Gasteiger partial charge in [-0.15, -0.1) is 0 Å². The Bertz CT molecular complexity index is 520. The molecule has 0 aromatic heterocycles. The Kier molecular flexibility index (Phi) is 5.04. The van der Waals surface area contributed by atoms with E-state index in [0.29, 0.717) is 0 Å². The van der Waals surface area contributed by atoms with Crippen molar-refractivity contribution >= 4 is 23.5 Å². The summed E-state index contributed by atoms with van der Waals surface area (Å²) in [6.07, 6.45) is 0. The monoisotopic (exact) mass is 301 g/mol. The Hall–Kier alpha value is -2.15. The summed E-state index contributed by atoms with van der Waals surface area (Å²) in [6, 6.07) is 7.73. The highest BCUT2D eigenvalue weighted by Gasteiger charge is 2.55. The molecule has 1 aromatic carbocycles. The number of rotatable bonds is 6. The normalized spacial score (nSPS) is 14.9. The second-order valence-electron chi connectivity index (χ2n) is 3.99. The van der Waals surface area contributed by atoms with Gasteiger partial charge in [0, 0.05) is 4.92 Å². The molecule has 1 aromatic rings. The average molecular weight is 302 g/mol. The summed E-state index contributed by atoms with van der Waals surface area (Å²) in [7, 11) is 0.969. The van der Waals surface area contributed by atoms with Crippen molar-refractivity contribution in [2.45, 2.75) is 10.8 Å². The number of halogens is 1. The van der Waals surface area contributed by atoms with Crippen LogP contribution in [0.25, 0.3) is 0 Å². The highest BCUT2D eigenvalue weighted by molar-refractivity contribution is 6.45. The molecule has 0 aliphatic heterocycles. The minimum Gasteiger partial charge on any atom is -0.479 e. The molecule has 0 amide bonds. The van der Waals surface area contributed by atoms with E-state index in [1.165, 1.54) is 12.1 Å². The van der Waals surface area contributed by atoms with Crippen LogP contribution in [-0.4, -0.2) is 40.5 Å². The van der Waals surface area contributed by atoms with Crippen LogP contribution < -0.4 is 0 Å². The van der Waals surface area contributed by atoms with Crippen molar-refractivity contribution in [1.29, 1.82) is 0 Å². The smallest absolute Gasteiger partial charge is 0.339 e. The predicted molar refractivity (Wildman–Crippen MR) is 69.3 cm³/mol. The van der Waals surface area contributed by atoms with Gasteiger partial charge in [-0.3, -0.25) is 10.1 Å². The van der Waals surface area contributed by atoms with Gasteiger partial charge in [0.25, 0.3) is 4.87 Å². The number of methoxy groups -OCH3 is 1. The molecular weight excluding hydrogens is 290 g/mol. The maximum Gasteiger partial charge on any atom is 0.339 e. The molecular formula is C12H12ClNO6. The zero-order valence-corrected chi connectivity index (χ0v) is 11.2. The van der Waals surface area contributed by atoms with Crippen molar-refractivity contribution in [3.8, 4) is 0 Å². The lowest BCUT2D eigenvalue weighted by atomic mass is 9.85. The van der Waals surface area contributed by atoms with Gasteiger partial charge < -0.3 is 9.84 Å². The maximum atomic E-state index is 11.7. The molecule has 2 atom stereocenters. The first-order chi connectivity index (χ1) is 9.33. The molecule has 0 heterocycles. The summed E-state index contributed by atoms with van der Waals surface area (Å²) >= 11 is 5.89. The molecule has 1 N–H and O–H groups in total. The lowest BCUT2D eigenvalue weighted by Crippen LogP contribution is -2.49. The van der Waals surface area contributed by atoms with Crippen LogP contribution in [0.4, 0.5) is 0 Å². The van der Waals surface area contributed by atoms with E-state index in [0.717, 1.165) is 7.11 Å². The van der Waals surface area contributed by atoms with E-state index in [9.17, 15) is 24.8 Å². The summed E-state index contributed by atoms with van der Waals surface area (Å²) in [5.41, 5.74) is 0.270. The lowest BCUT2D eigenvalue weighted by molar-refractivity contribution is -0.483. The Morgan fingerprint density at radius 2 is 2.00 bits per heavy atom. The number of carbonyl (C=O) groups is 2. The molecule has 0 fully saturated rings. The Morgan fingerprint density at radius 1 is 1.45 bits per heavy atom. The van der Waals surface area contributed by atoms with Crippen molar-refractivity contribution in [1.82, 2.24) is 0 Å². The molecule has 20 heavy (non-hydrogen) atoms. The molecule has 1 unspecified atom stereocenters. The van der Waals surface area contributed by atoms with Gasteiger partial charge in [0.05, 0.1) is 13.0 Å². The third-order valence-electron chi connectivity index (χ3n) is 2.81. The van der Waals surface area contributed by atoms with E-state index in [2.05, 4.69) is 4.74 Å². The summed E-state index contributed by atoms with van der Waals surface area (Å²) in [6.45, 7) is -0.811. The van der Waals surface area contributed by atoms with Gasteiger partial charge in [0.2, 0.25) is 6.54 Å². The first kappa shape index (κ1) is 15.9. The first-order valence-corrected chi connectivity index (χ1v) is 5.89. The minimum absolute atomic E-state index is 0.270. The van der Waals surface area contributed by atoms with Gasteiger partial charge >= 0.3 is 11.9 Å². The van der Waals surface area contributed by atoms with E-state index in [1.54, 1.807) is 18.2 Å². The Balaban J connectivity index is 3.37. The number of alkyl halides is 1. The second kappa shape index (κ2) is 6.33. The third-order valence-corrected chi connectivity index (χ3v) is 3.39. The molecule has 108 valence electrons. The van der Waals surface area contributed by atoms with Gasteiger partial charge in [0.15, 0.2) is 0 Å². The molecule has 0 saturated carbocycles. The van der Waals surface area contributed by atoms with Crippen molar-refractivity contribution in [2.24, 2.45) is 0 Å². The van der Waals surface area contributed by atoms with Crippen LogP contribution in [0.2, 0.25) is 0 Å². The quantitative estimate of drug-likeness (QED) is 0.279. The maximum absolute atomic E-state index is 11.7. The lowest BCUT2D eigenvalue weighted by Gasteiger charge is -2.26. The number of nitrogens with zero attached hydrogens (tertiary/aromatic N) is 1. The highest BCUT2D eigenvalue weighted by Crippen LogP contribution is 2.36. The molecule has 0 aliphatic carbocycles. The van der Waals surface area contributed by atoms with E-state index in [1.807, 2.05) is 0 Å². The molecule has 0 radical (unpaired) electrons. The fraction of sp³-hybridized carbons (Fsp3) is 0.333. The largest absolute Gasteiger partial charge is 0.479 e. The van der Waals surface area contributed by atoms with Crippen molar-refractivity contribution < 1.29 is 24.4 Å². The van der Waals surface area contributed by atoms with Crippen LogP contribution in [0.1, 0.15) is 11.5 Å². The van der Waals surface area contributed by atoms with Gasteiger partial charge in [-0.05, 0) is 5.56 Å². The molecule has 1 rings (SSSR count). The average Bonchev–Trinajstić information content (AvgIpc) is 2.43. The fourth-order valence-electron chi connectivity index (χ4n) is 1.82. The third kappa shape index (κ3) is 3.05. The SMILES string of the molecule is COC(=O)[C@](Cl)(C(=O)O)C(C[N+](=O)[O-])c1ccccc1. The summed E-state index contributed by atoms with van der Waals surface area (Å²) in [5, 5.41) is 20.0. The van der Waals surface area contributed by atoms with Crippen LogP contribution >= 0.6 is 11.6 Å². The van der Waals surface area contributed by atoms with Crippen LogP contribution in [0.3, 0.4) is 0 Å². The van der Waals surface area contributed by atoms with Gasteiger partial charge in [-0.2, -0.15) is 0 Å². The van der Waals surface area contributed by atoms with Gasteiger partial charge in [0.1, 0.15) is 0 Å². The number of esters is 1. The number of benzene rings is 1. The molecule has 0 aliphatic rings. The summed E-state index contributed by atoms with van der Waals surface area (Å²) in [4.78, 5) is 30.6. The molecule has 0 spiro atoms. The summed E-state index contributed by atoms with van der Waals surface area (Å²) < 4.78 is 4.39. The van der Waals surface area contributed by atoms with E-state index in [-0.39, 0.29) is 5.56 Å². The Morgan fingerprint density at radius 3 is 2.40 bits per heavy atom. The van der Waals surface area contributed by atoms with Crippen LogP contribution in [0.5, 0.6) is 0 Å². The van der Waals surface area contributed by atoms with Crippen LogP contribution in [-0.2, 0) is 14.3 Å². The number of nitro groups is 1. The number of carboxylic acids is 1. The fourth-order valence-corrected chi connectivity index (χ4v) is 2.09. The number of hydrogen-bond acceptors (Lipinski definition) is 5. The zero-order chi connectivity index (χ0) is 15.3. The number of carboxylic acid groups (broad SMARTS) is 1. The second-order valence-corrected chi connectivity index (χ2v) is 4.58. The number of carbonyl (C=O) groups excluding carboxylic acids is 1. The van der Waals surface area contributed by atoms with E-state index in [4.69, 9.17) is 11.6 Å². The Labute approximate surface area is 119 Å². The van der Waals surface area contributed by atoms with E-state index < -0.39 is 34.2 Å². The van der Waals surface area contributed by atoms with Gasteiger partial charge in [-0.1, -0.05) is 41.9 Å². The summed E-state index contributed by atoms with van der Waals surface area (Å²) in [5.74, 6) is -4.30. The standard InChI is InChI=1S/C12H12ClNO6/c1-20-11(17)12(13,10(15)16)9(7-14(18)19)8-5-3-2-4-6-8/h2-6,9H,7H2,1H3,(H,15,16)/t9?,12-/m1/s1. The van der Waals surface area contributed by atoms with Crippen molar-refractivity contribution in [3.63, 3.8) is 0 Å². The minimum atomic E-state index is -2.55.